The van der Waals surface area contributed by atoms with Gasteiger partial charge in [0.2, 0.25) is 5.91 Å². The van der Waals surface area contributed by atoms with Gasteiger partial charge in [0.15, 0.2) is 5.76 Å². The minimum Gasteiger partial charge on any atom is -0.459 e. The van der Waals surface area contributed by atoms with E-state index in [2.05, 4.69) is 15.5 Å². The maximum atomic E-state index is 10.7. The van der Waals surface area contributed by atoms with Crippen LogP contribution in [0.3, 0.4) is 0 Å². The molecule has 0 atom stereocenters. The molecule has 0 bridgehead atoms. The number of anilines is 1. The Kier molecular flexibility index (Phi) is 2.02. The minimum absolute atomic E-state index is 0.129. The van der Waals surface area contributed by atoms with Gasteiger partial charge in [-0.2, -0.15) is 4.98 Å². The van der Waals surface area contributed by atoms with Gasteiger partial charge in [-0.1, -0.05) is 0 Å². The van der Waals surface area contributed by atoms with Crippen molar-refractivity contribution in [1.29, 1.82) is 0 Å². The molecule has 2 aromatic rings. The fourth-order valence-electron chi connectivity index (χ4n) is 0.932. The van der Waals surface area contributed by atoms with Crippen molar-refractivity contribution in [2.75, 3.05) is 5.32 Å². The van der Waals surface area contributed by atoms with Gasteiger partial charge < -0.3 is 8.94 Å². The molecule has 6 nitrogen and oxygen atoms in total. The van der Waals surface area contributed by atoms with Crippen LogP contribution in [-0.4, -0.2) is 16.0 Å². The SMILES string of the molecule is CC(=O)Nc1noc(-c2ccco2)n1. The van der Waals surface area contributed by atoms with Gasteiger partial charge in [-0.3, -0.25) is 10.1 Å². The zero-order chi connectivity index (χ0) is 9.97. The van der Waals surface area contributed by atoms with Crippen LogP contribution in [0.4, 0.5) is 5.95 Å². The van der Waals surface area contributed by atoms with Crippen molar-refractivity contribution in [3.05, 3.63) is 18.4 Å². The van der Waals surface area contributed by atoms with E-state index >= 15 is 0 Å². The van der Waals surface area contributed by atoms with E-state index in [4.69, 9.17) is 8.94 Å². The minimum atomic E-state index is -0.253. The van der Waals surface area contributed by atoms with Gasteiger partial charge in [-0.15, -0.1) is 0 Å². The van der Waals surface area contributed by atoms with E-state index in [0.717, 1.165) is 0 Å². The Labute approximate surface area is 78.9 Å². The number of nitrogens with one attached hydrogen (secondary N) is 1. The third-order valence-corrected chi connectivity index (χ3v) is 1.45. The molecule has 0 aliphatic carbocycles. The summed E-state index contributed by atoms with van der Waals surface area (Å²) in [6.45, 7) is 1.36. The maximum Gasteiger partial charge on any atom is 0.295 e. The molecule has 0 spiro atoms. The molecule has 72 valence electrons. The number of nitrogens with zero attached hydrogens (tertiary/aromatic N) is 2. The summed E-state index contributed by atoms with van der Waals surface area (Å²) in [5.74, 6) is 0.577. The van der Waals surface area contributed by atoms with Gasteiger partial charge in [0.05, 0.1) is 6.26 Å². The standard InChI is InChI=1S/C8H7N3O3/c1-5(12)9-8-10-7(14-11-8)6-3-2-4-13-6/h2-4H,1H3,(H,9,11,12). The smallest absolute Gasteiger partial charge is 0.295 e. The van der Waals surface area contributed by atoms with E-state index in [1.54, 1.807) is 12.1 Å². The normalized spacial score (nSPS) is 10.1. The third kappa shape index (κ3) is 1.63. The molecule has 1 N–H and O–H groups in total. The van der Waals surface area contributed by atoms with Gasteiger partial charge in [0.1, 0.15) is 0 Å². The fraction of sp³-hybridized carbons (Fsp3) is 0.125. The van der Waals surface area contributed by atoms with Gasteiger partial charge >= 0.3 is 0 Å². The Morgan fingerprint density at radius 3 is 3.07 bits per heavy atom. The number of hydrogen-bond donors (Lipinski definition) is 1. The number of hydrogen-bond acceptors (Lipinski definition) is 5. The molecule has 0 aliphatic rings. The highest BCUT2D eigenvalue weighted by atomic mass is 16.5. The quantitative estimate of drug-likeness (QED) is 0.777. The Morgan fingerprint density at radius 2 is 2.43 bits per heavy atom. The lowest BCUT2D eigenvalue weighted by atomic mass is 10.4. The molecule has 1 amide bonds. The molecule has 6 heteroatoms. The first-order chi connectivity index (χ1) is 6.75. The second kappa shape index (κ2) is 3.33. The number of amides is 1. The number of rotatable bonds is 2. The van der Waals surface area contributed by atoms with Crippen LogP contribution in [0.25, 0.3) is 11.7 Å². The van der Waals surface area contributed by atoms with Crippen molar-refractivity contribution < 1.29 is 13.7 Å². The Balaban J connectivity index is 2.22. The average Bonchev–Trinajstić information content (AvgIpc) is 2.69. The largest absolute Gasteiger partial charge is 0.459 e. The highest BCUT2D eigenvalue weighted by Gasteiger charge is 2.11. The fourth-order valence-corrected chi connectivity index (χ4v) is 0.932. The summed E-state index contributed by atoms with van der Waals surface area (Å²) in [5, 5.41) is 5.92. The predicted octanol–water partition coefficient (Wildman–Crippen LogP) is 1.29. The Bertz CT molecular complexity index is 432. The van der Waals surface area contributed by atoms with Crippen LogP contribution >= 0.6 is 0 Å². The second-order valence-electron chi connectivity index (χ2n) is 2.58. The average molecular weight is 193 g/mol. The monoisotopic (exact) mass is 193 g/mol. The number of furan rings is 1. The molecule has 2 heterocycles. The summed E-state index contributed by atoms with van der Waals surface area (Å²) in [6, 6.07) is 3.39. The lowest BCUT2D eigenvalue weighted by Gasteiger charge is -1.88. The molecular weight excluding hydrogens is 186 g/mol. The summed E-state index contributed by atoms with van der Waals surface area (Å²) in [5.41, 5.74) is 0. The van der Waals surface area contributed by atoms with Gasteiger partial charge in [-0.25, -0.2) is 0 Å². The first-order valence-corrected chi connectivity index (χ1v) is 3.91. The highest BCUT2D eigenvalue weighted by molar-refractivity contribution is 5.86. The van der Waals surface area contributed by atoms with E-state index in [1.165, 1.54) is 13.2 Å². The molecule has 14 heavy (non-hydrogen) atoms. The Morgan fingerprint density at radius 1 is 1.57 bits per heavy atom. The number of carbonyl (C=O) groups excluding carboxylic acids is 1. The van der Waals surface area contributed by atoms with E-state index < -0.39 is 0 Å². The summed E-state index contributed by atoms with van der Waals surface area (Å²) in [7, 11) is 0. The molecule has 0 aromatic carbocycles. The number of carbonyl (C=O) groups is 1. The van der Waals surface area contributed by atoms with Crippen LogP contribution in [0, 0.1) is 0 Å². The van der Waals surface area contributed by atoms with Gasteiger partial charge in [0.25, 0.3) is 11.8 Å². The molecule has 0 fully saturated rings. The number of aromatic nitrogens is 2. The topological polar surface area (TPSA) is 81.2 Å². The van der Waals surface area contributed by atoms with Crippen molar-refractivity contribution in [2.45, 2.75) is 6.92 Å². The molecule has 0 unspecified atom stereocenters. The summed E-state index contributed by atoms with van der Waals surface area (Å²) >= 11 is 0. The van der Waals surface area contributed by atoms with Crippen molar-refractivity contribution in [3.8, 4) is 11.7 Å². The predicted molar refractivity (Wildman–Crippen MR) is 46.3 cm³/mol. The van der Waals surface area contributed by atoms with Crippen molar-refractivity contribution in [3.63, 3.8) is 0 Å². The molecule has 0 saturated heterocycles. The van der Waals surface area contributed by atoms with Crippen molar-refractivity contribution in [1.82, 2.24) is 10.1 Å². The summed E-state index contributed by atoms with van der Waals surface area (Å²) in [4.78, 5) is 14.5. The molecular formula is C8H7N3O3. The van der Waals surface area contributed by atoms with Crippen molar-refractivity contribution >= 4 is 11.9 Å². The zero-order valence-corrected chi connectivity index (χ0v) is 7.35. The molecule has 0 aliphatic heterocycles. The van der Waals surface area contributed by atoms with Crippen LogP contribution < -0.4 is 5.32 Å². The van der Waals surface area contributed by atoms with Crippen LogP contribution in [0.5, 0.6) is 0 Å². The molecule has 2 rings (SSSR count). The van der Waals surface area contributed by atoms with E-state index in [1.807, 2.05) is 0 Å². The van der Waals surface area contributed by atoms with Gasteiger partial charge in [0, 0.05) is 6.92 Å². The molecule has 0 saturated carbocycles. The summed E-state index contributed by atoms with van der Waals surface area (Å²) < 4.78 is 9.87. The maximum absolute atomic E-state index is 10.7. The van der Waals surface area contributed by atoms with E-state index in [0.29, 0.717) is 5.76 Å². The van der Waals surface area contributed by atoms with Crippen LogP contribution in [-0.2, 0) is 4.79 Å². The van der Waals surface area contributed by atoms with E-state index in [9.17, 15) is 4.79 Å². The second-order valence-corrected chi connectivity index (χ2v) is 2.58. The first kappa shape index (κ1) is 8.49. The molecule has 2 aromatic heterocycles. The lowest BCUT2D eigenvalue weighted by molar-refractivity contribution is -0.114. The van der Waals surface area contributed by atoms with E-state index in [-0.39, 0.29) is 17.7 Å². The van der Waals surface area contributed by atoms with Gasteiger partial charge in [-0.05, 0) is 17.3 Å². The van der Waals surface area contributed by atoms with Crippen molar-refractivity contribution in [2.24, 2.45) is 0 Å². The summed E-state index contributed by atoms with van der Waals surface area (Å²) in [6.07, 6.45) is 1.50. The highest BCUT2D eigenvalue weighted by Crippen LogP contribution is 2.18. The van der Waals surface area contributed by atoms with Crippen LogP contribution in [0.2, 0.25) is 0 Å². The first-order valence-electron chi connectivity index (χ1n) is 3.91. The van der Waals surface area contributed by atoms with Crippen LogP contribution in [0.1, 0.15) is 6.92 Å². The molecule has 0 radical (unpaired) electrons. The lowest BCUT2D eigenvalue weighted by Crippen LogP contribution is -2.06. The zero-order valence-electron chi connectivity index (χ0n) is 7.35. The van der Waals surface area contributed by atoms with Crippen LogP contribution in [0.15, 0.2) is 27.3 Å². The Hall–Kier alpha value is -2.11. The third-order valence-electron chi connectivity index (χ3n) is 1.45.